The minimum absolute atomic E-state index is 0.628. The van der Waals surface area contributed by atoms with E-state index in [9.17, 15) is 0 Å². The van der Waals surface area contributed by atoms with E-state index in [2.05, 4.69) is 34.3 Å². The van der Waals surface area contributed by atoms with Crippen molar-refractivity contribution in [3.63, 3.8) is 0 Å². The number of thioether (sulfide) groups is 1. The van der Waals surface area contributed by atoms with Crippen LogP contribution >= 0.6 is 11.8 Å². The quantitative estimate of drug-likeness (QED) is 0.648. The predicted octanol–water partition coefficient (Wildman–Crippen LogP) is 3.11. The van der Waals surface area contributed by atoms with Gasteiger partial charge in [-0.05, 0) is 31.4 Å². The van der Waals surface area contributed by atoms with Gasteiger partial charge in [0.2, 0.25) is 0 Å². The molecule has 1 atom stereocenters. The van der Waals surface area contributed by atoms with Gasteiger partial charge in [0.05, 0.1) is 5.52 Å². The fraction of sp³-hybridized carbons (Fsp3) is 0.467. The van der Waals surface area contributed by atoms with Gasteiger partial charge in [-0.2, -0.15) is 0 Å². The molecule has 1 aromatic heterocycles. The van der Waals surface area contributed by atoms with Gasteiger partial charge in [-0.15, -0.1) is 11.8 Å². The molecule has 19 heavy (non-hydrogen) atoms. The number of nitrogens with zero attached hydrogens (tertiary/aromatic N) is 2. The van der Waals surface area contributed by atoms with E-state index in [-0.39, 0.29) is 0 Å². The Hall–Kier alpha value is -1.13. The van der Waals surface area contributed by atoms with E-state index >= 15 is 0 Å². The number of aromatic nitrogens is 2. The summed E-state index contributed by atoms with van der Waals surface area (Å²) in [5.74, 6) is 1.97. The molecule has 3 nitrogen and oxygen atoms in total. The molecular weight excluding hydrogens is 254 g/mol. The number of hydrogen-bond acceptors (Lipinski definition) is 4. The van der Waals surface area contributed by atoms with Crippen molar-refractivity contribution in [3.05, 3.63) is 30.6 Å². The monoisotopic (exact) mass is 273 g/mol. The first-order chi connectivity index (χ1) is 9.38. The molecule has 1 heterocycles. The third-order valence-electron chi connectivity index (χ3n) is 3.56. The number of para-hydroxylation sites is 1. The molecule has 0 amide bonds. The minimum atomic E-state index is 0.628. The van der Waals surface area contributed by atoms with Gasteiger partial charge in [-0.25, -0.2) is 9.97 Å². The molecule has 1 N–H and O–H groups in total. The predicted molar refractivity (Wildman–Crippen MR) is 80.5 cm³/mol. The van der Waals surface area contributed by atoms with Gasteiger partial charge in [-0.1, -0.05) is 25.1 Å². The second-order valence-corrected chi connectivity index (χ2v) is 6.02. The van der Waals surface area contributed by atoms with Gasteiger partial charge >= 0.3 is 0 Å². The summed E-state index contributed by atoms with van der Waals surface area (Å²) in [6.07, 6.45) is 4.43. The molecule has 3 rings (SSSR count). The molecule has 4 heteroatoms. The van der Waals surface area contributed by atoms with Gasteiger partial charge in [-0.3, -0.25) is 0 Å². The average Bonchev–Trinajstić information content (AvgIpc) is 3.28. The van der Waals surface area contributed by atoms with Crippen molar-refractivity contribution in [3.8, 4) is 0 Å². The highest BCUT2D eigenvalue weighted by atomic mass is 32.2. The van der Waals surface area contributed by atoms with E-state index in [4.69, 9.17) is 0 Å². The summed E-state index contributed by atoms with van der Waals surface area (Å²) in [5, 5.41) is 5.87. The van der Waals surface area contributed by atoms with Crippen molar-refractivity contribution in [2.75, 3.05) is 12.3 Å². The van der Waals surface area contributed by atoms with Gasteiger partial charge in [0.15, 0.2) is 0 Å². The van der Waals surface area contributed by atoms with Crippen molar-refractivity contribution in [2.45, 2.75) is 30.8 Å². The van der Waals surface area contributed by atoms with Crippen LogP contribution < -0.4 is 5.32 Å². The summed E-state index contributed by atoms with van der Waals surface area (Å²) in [7, 11) is 0. The Balaban J connectivity index is 1.74. The maximum absolute atomic E-state index is 4.44. The Labute approximate surface area is 118 Å². The van der Waals surface area contributed by atoms with Gasteiger partial charge in [0.1, 0.15) is 11.4 Å². The highest BCUT2D eigenvalue weighted by Crippen LogP contribution is 2.35. The summed E-state index contributed by atoms with van der Waals surface area (Å²) < 4.78 is 0. The Morgan fingerprint density at radius 1 is 1.32 bits per heavy atom. The second-order valence-electron chi connectivity index (χ2n) is 5.01. The van der Waals surface area contributed by atoms with Gasteiger partial charge < -0.3 is 5.32 Å². The van der Waals surface area contributed by atoms with Crippen LogP contribution in [0.2, 0.25) is 0 Å². The Morgan fingerprint density at radius 3 is 2.95 bits per heavy atom. The molecule has 1 aliphatic rings. The largest absolute Gasteiger partial charge is 0.313 e. The molecule has 0 aliphatic heterocycles. The summed E-state index contributed by atoms with van der Waals surface area (Å²) >= 11 is 1.85. The van der Waals surface area contributed by atoms with Crippen LogP contribution in [0, 0.1) is 5.92 Å². The SMILES string of the molecule is CCNC(CSc1ncnc2ccccc12)C1CC1. The van der Waals surface area contributed by atoms with E-state index in [0.717, 1.165) is 28.8 Å². The van der Waals surface area contributed by atoms with Gasteiger partial charge in [0, 0.05) is 17.2 Å². The first-order valence-corrected chi connectivity index (χ1v) is 7.93. The van der Waals surface area contributed by atoms with Crippen molar-refractivity contribution < 1.29 is 0 Å². The highest BCUT2D eigenvalue weighted by molar-refractivity contribution is 7.99. The highest BCUT2D eigenvalue weighted by Gasteiger charge is 2.30. The number of fused-ring (bicyclic) bond motifs is 1. The lowest BCUT2D eigenvalue weighted by Crippen LogP contribution is -2.33. The molecule has 100 valence electrons. The van der Waals surface area contributed by atoms with E-state index in [1.807, 2.05) is 23.9 Å². The Kier molecular flexibility index (Phi) is 3.99. The zero-order chi connectivity index (χ0) is 13.1. The zero-order valence-electron chi connectivity index (χ0n) is 11.2. The Bertz CT molecular complexity index is 549. The Morgan fingerprint density at radius 2 is 2.16 bits per heavy atom. The maximum Gasteiger partial charge on any atom is 0.117 e. The second kappa shape index (κ2) is 5.88. The van der Waals surface area contributed by atoms with Crippen LogP contribution in [0.3, 0.4) is 0 Å². The molecule has 1 unspecified atom stereocenters. The first kappa shape index (κ1) is 12.9. The molecule has 0 bridgehead atoms. The van der Waals surface area contributed by atoms with Crippen molar-refractivity contribution in [1.29, 1.82) is 0 Å². The summed E-state index contributed by atoms with van der Waals surface area (Å²) in [6.45, 7) is 3.23. The lowest BCUT2D eigenvalue weighted by molar-refractivity contribution is 0.519. The van der Waals surface area contributed by atoms with Gasteiger partial charge in [0.25, 0.3) is 0 Å². The van der Waals surface area contributed by atoms with E-state index in [1.54, 1.807) is 6.33 Å². The molecular formula is C15H19N3S. The molecule has 0 radical (unpaired) electrons. The molecule has 1 saturated carbocycles. The van der Waals surface area contributed by atoms with Crippen LogP contribution in [-0.2, 0) is 0 Å². The summed E-state index contributed by atoms with van der Waals surface area (Å²) in [6, 6.07) is 8.86. The van der Waals surface area contributed by atoms with Crippen molar-refractivity contribution in [1.82, 2.24) is 15.3 Å². The molecule has 2 aromatic rings. The average molecular weight is 273 g/mol. The molecule has 0 saturated heterocycles. The molecule has 1 fully saturated rings. The number of rotatable bonds is 6. The minimum Gasteiger partial charge on any atom is -0.313 e. The first-order valence-electron chi connectivity index (χ1n) is 6.94. The van der Waals surface area contributed by atoms with Crippen LogP contribution in [0.1, 0.15) is 19.8 Å². The molecule has 0 spiro atoms. The number of nitrogens with one attached hydrogen (secondary N) is 1. The molecule has 1 aromatic carbocycles. The number of hydrogen-bond donors (Lipinski definition) is 1. The van der Waals surface area contributed by atoms with Crippen molar-refractivity contribution >= 4 is 22.7 Å². The van der Waals surface area contributed by atoms with E-state index in [1.165, 1.54) is 18.2 Å². The van der Waals surface area contributed by atoms with Crippen LogP contribution in [0.5, 0.6) is 0 Å². The standard InChI is InChI=1S/C15H19N3S/c1-2-16-14(11-7-8-11)9-19-15-12-5-3-4-6-13(12)17-10-18-15/h3-6,10-11,14,16H,2,7-9H2,1H3. The normalized spacial score (nSPS) is 16.7. The smallest absolute Gasteiger partial charge is 0.117 e. The fourth-order valence-corrected chi connectivity index (χ4v) is 3.56. The van der Waals surface area contributed by atoms with E-state index < -0.39 is 0 Å². The summed E-state index contributed by atoms with van der Waals surface area (Å²) in [4.78, 5) is 8.76. The topological polar surface area (TPSA) is 37.8 Å². The summed E-state index contributed by atoms with van der Waals surface area (Å²) in [5.41, 5.74) is 1.03. The van der Waals surface area contributed by atoms with Crippen LogP contribution in [0.25, 0.3) is 10.9 Å². The third kappa shape index (κ3) is 3.07. The fourth-order valence-electron chi connectivity index (χ4n) is 2.39. The van der Waals surface area contributed by atoms with Crippen LogP contribution in [0.15, 0.2) is 35.6 Å². The number of benzene rings is 1. The third-order valence-corrected chi connectivity index (χ3v) is 4.69. The lowest BCUT2D eigenvalue weighted by Gasteiger charge is -2.16. The zero-order valence-corrected chi connectivity index (χ0v) is 12.0. The van der Waals surface area contributed by atoms with Crippen LogP contribution in [0.4, 0.5) is 0 Å². The lowest BCUT2D eigenvalue weighted by atomic mass is 10.2. The van der Waals surface area contributed by atoms with Crippen LogP contribution in [-0.4, -0.2) is 28.3 Å². The molecule has 1 aliphatic carbocycles. The van der Waals surface area contributed by atoms with Crippen molar-refractivity contribution in [2.24, 2.45) is 5.92 Å². The maximum atomic E-state index is 4.44. The van der Waals surface area contributed by atoms with E-state index in [0.29, 0.717) is 6.04 Å².